The van der Waals surface area contributed by atoms with E-state index in [2.05, 4.69) is 27.7 Å². The molecule has 134 valence electrons. The van der Waals surface area contributed by atoms with Gasteiger partial charge in [0.1, 0.15) is 11.5 Å². The average Bonchev–Trinajstić information content (AvgIpc) is 2.52. The highest BCUT2D eigenvalue weighted by Crippen LogP contribution is 2.49. The van der Waals surface area contributed by atoms with Crippen molar-refractivity contribution >= 4 is 17.2 Å². The zero-order valence-electron chi connectivity index (χ0n) is 14.5. The van der Waals surface area contributed by atoms with Gasteiger partial charge in [-0.25, -0.2) is 0 Å². The second-order valence-electron chi connectivity index (χ2n) is 7.53. The predicted molar refractivity (Wildman–Crippen MR) is 92.9 cm³/mol. The summed E-state index contributed by atoms with van der Waals surface area (Å²) in [6.45, 7) is 10.9. The third-order valence-corrected chi connectivity index (χ3v) is 5.49. The minimum absolute atomic E-state index is 0.0270. The average molecular weight is 374 g/mol. The second-order valence-corrected chi connectivity index (χ2v) is 9.82. The molecule has 0 unspecified atom stereocenters. The summed E-state index contributed by atoms with van der Waals surface area (Å²) in [5.74, 6) is 1.29. The van der Waals surface area contributed by atoms with E-state index in [1.807, 2.05) is 18.2 Å². The third-order valence-electron chi connectivity index (χ3n) is 3.41. The van der Waals surface area contributed by atoms with Gasteiger partial charge in [0.15, 0.2) is 0 Å². The van der Waals surface area contributed by atoms with Gasteiger partial charge in [0, 0.05) is 16.9 Å². The van der Waals surface area contributed by atoms with Crippen LogP contribution in [0.25, 0.3) is 0 Å². The molecule has 0 amide bonds. The van der Waals surface area contributed by atoms with Crippen molar-refractivity contribution in [1.82, 2.24) is 0 Å². The summed E-state index contributed by atoms with van der Waals surface area (Å²) in [5.41, 5.74) is 0.0540. The van der Waals surface area contributed by atoms with Crippen molar-refractivity contribution in [2.45, 2.75) is 27.7 Å². The maximum Gasteiger partial charge on any atom is 0.397 e. The highest BCUT2D eigenvalue weighted by molar-refractivity contribution is 7.42. The smallest absolute Gasteiger partial charge is 0.397 e. The molecule has 8 heteroatoms. The van der Waals surface area contributed by atoms with E-state index in [1.54, 1.807) is 6.07 Å². The molecular formula is C16H24O6P2. The van der Waals surface area contributed by atoms with Crippen LogP contribution in [0.4, 0.5) is 0 Å². The molecule has 3 rings (SSSR count). The van der Waals surface area contributed by atoms with Crippen LogP contribution in [0.5, 0.6) is 11.5 Å². The van der Waals surface area contributed by atoms with Crippen LogP contribution in [0.1, 0.15) is 27.7 Å². The fraction of sp³-hybridized carbons (Fsp3) is 0.625. The van der Waals surface area contributed by atoms with E-state index in [4.69, 9.17) is 27.1 Å². The first-order valence-corrected chi connectivity index (χ1v) is 10.1. The molecule has 2 heterocycles. The molecule has 2 saturated heterocycles. The Labute approximate surface area is 145 Å². The van der Waals surface area contributed by atoms with Gasteiger partial charge in [0.25, 0.3) is 0 Å². The van der Waals surface area contributed by atoms with Gasteiger partial charge >= 0.3 is 17.2 Å². The van der Waals surface area contributed by atoms with E-state index >= 15 is 0 Å². The molecule has 1 aromatic rings. The van der Waals surface area contributed by atoms with Gasteiger partial charge in [0.2, 0.25) is 0 Å². The lowest BCUT2D eigenvalue weighted by atomic mass is 9.97. The number of hydrogen-bond acceptors (Lipinski definition) is 6. The number of hydrogen-bond donors (Lipinski definition) is 0. The molecule has 6 nitrogen and oxygen atoms in total. The summed E-state index contributed by atoms with van der Waals surface area (Å²) in [6.07, 6.45) is 0. The Morgan fingerprint density at radius 1 is 0.750 bits per heavy atom. The van der Waals surface area contributed by atoms with Crippen molar-refractivity contribution in [1.29, 1.82) is 0 Å². The number of rotatable bonds is 4. The molecule has 0 radical (unpaired) electrons. The Hall–Kier alpha value is -0.480. The van der Waals surface area contributed by atoms with Crippen molar-refractivity contribution in [3.8, 4) is 11.5 Å². The first kappa shape index (κ1) is 18.3. The first-order valence-electron chi connectivity index (χ1n) is 7.89. The largest absolute Gasteiger partial charge is 0.427 e. The fourth-order valence-electron chi connectivity index (χ4n) is 1.93. The van der Waals surface area contributed by atoms with Gasteiger partial charge in [-0.2, -0.15) is 0 Å². The van der Waals surface area contributed by atoms with Gasteiger partial charge in [0.05, 0.1) is 26.4 Å². The zero-order valence-corrected chi connectivity index (χ0v) is 16.3. The van der Waals surface area contributed by atoms with E-state index < -0.39 is 17.2 Å². The molecule has 2 fully saturated rings. The van der Waals surface area contributed by atoms with Crippen molar-refractivity contribution in [3.63, 3.8) is 0 Å². The molecule has 24 heavy (non-hydrogen) atoms. The standard InChI is InChI=1S/C16H24O6P2/c1-15(2)9-17-23(18-10-15)21-13-6-5-7-14(8-13)22-24-19-11-16(3,4)12-20-24/h5-8H,9-12H2,1-4H3. The maximum atomic E-state index is 5.78. The Morgan fingerprint density at radius 3 is 1.50 bits per heavy atom. The van der Waals surface area contributed by atoms with Crippen molar-refractivity contribution in [2.24, 2.45) is 10.8 Å². The summed E-state index contributed by atoms with van der Waals surface area (Å²) in [4.78, 5) is 0. The molecule has 0 bridgehead atoms. The summed E-state index contributed by atoms with van der Waals surface area (Å²) in [7, 11) is -2.73. The Bertz CT molecular complexity index is 500. The van der Waals surface area contributed by atoms with Crippen LogP contribution in [-0.4, -0.2) is 26.4 Å². The molecule has 0 spiro atoms. The topological polar surface area (TPSA) is 55.4 Å². The first-order chi connectivity index (χ1) is 11.3. The second kappa shape index (κ2) is 7.41. The van der Waals surface area contributed by atoms with E-state index in [9.17, 15) is 0 Å². The van der Waals surface area contributed by atoms with Gasteiger partial charge in [-0.15, -0.1) is 0 Å². The number of benzene rings is 1. The lowest BCUT2D eigenvalue weighted by molar-refractivity contribution is 0.0420. The maximum absolute atomic E-state index is 5.78. The zero-order chi connectivity index (χ0) is 17.2. The van der Waals surface area contributed by atoms with Gasteiger partial charge < -0.3 is 27.1 Å². The highest BCUT2D eigenvalue weighted by Gasteiger charge is 2.32. The Balaban J connectivity index is 1.53. The summed E-state index contributed by atoms with van der Waals surface area (Å²) < 4.78 is 34.1. The van der Waals surface area contributed by atoms with Crippen LogP contribution in [-0.2, 0) is 18.1 Å². The van der Waals surface area contributed by atoms with Crippen molar-refractivity contribution < 1.29 is 27.1 Å². The van der Waals surface area contributed by atoms with Gasteiger partial charge in [-0.3, -0.25) is 0 Å². The lowest BCUT2D eigenvalue weighted by Gasteiger charge is -2.33. The minimum Gasteiger partial charge on any atom is -0.427 e. The third kappa shape index (κ3) is 5.26. The van der Waals surface area contributed by atoms with E-state index in [0.29, 0.717) is 37.9 Å². The van der Waals surface area contributed by atoms with E-state index in [0.717, 1.165) is 0 Å². The quantitative estimate of drug-likeness (QED) is 0.688. The molecule has 0 aromatic heterocycles. The van der Waals surface area contributed by atoms with Crippen LogP contribution in [0.15, 0.2) is 24.3 Å². The van der Waals surface area contributed by atoms with Gasteiger partial charge in [-0.1, -0.05) is 33.8 Å². The molecule has 0 aliphatic carbocycles. The van der Waals surface area contributed by atoms with Crippen LogP contribution < -0.4 is 9.05 Å². The molecule has 2 aliphatic heterocycles. The van der Waals surface area contributed by atoms with Crippen LogP contribution in [0.3, 0.4) is 0 Å². The Kier molecular flexibility index (Phi) is 5.65. The normalized spacial score (nSPS) is 24.5. The summed E-state index contributed by atoms with van der Waals surface area (Å²) in [5, 5.41) is 0. The van der Waals surface area contributed by atoms with E-state index in [1.165, 1.54) is 0 Å². The minimum atomic E-state index is -1.36. The van der Waals surface area contributed by atoms with Gasteiger partial charge in [-0.05, 0) is 12.1 Å². The van der Waals surface area contributed by atoms with Crippen molar-refractivity contribution in [3.05, 3.63) is 24.3 Å². The molecule has 0 atom stereocenters. The van der Waals surface area contributed by atoms with Crippen LogP contribution in [0.2, 0.25) is 0 Å². The Morgan fingerprint density at radius 2 is 1.12 bits per heavy atom. The molecule has 1 aromatic carbocycles. The fourth-order valence-corrected chi connectivity index (χ4v) is 4.68. The lowest BCUT2D eigenvalue weighted by Crippen LogP contribution is -2.29. The molecule has 0 saturated carbocycles. The summed E-state index contributed by atoms with van der Waals surface area (Å²) in [6, 6.07) is 7.35. The monoisotopic (exact) mass is 374 g/mol. The predicted octanol–water partition coefficient (Wildman–Crippen LogP) is 5.04. The molecule has 2 aliphatic rings. The van der Waals surface area contributed by atoms with Crippen LogP contribution in [0, 0.1) is 10.8 Å². The SMILES string of the molecule is CC1(C)COP(Oc2cccc(OP3OCC(C)(C)CO3)c2)OC1. The van der Waals surface area contributed by atoms with Crippen molar-refractivity contribution in [2.75, 3.05) is 26.4 Å². The molecular weight excluding hydrogens is 350 g/mol. The molecule has 0 N–H and O–H groups in total. The van der Waals surface area contributed by atoms with E-state index in [-0.39, 0.29) is 10.8 Å². The summed E-state index contributed by atoms with van der Waals surface area (Å²) >= 11 is 0. The highest BCUT2D eigenvalue weighted by atomic mass is 31.2. The van der Waals surface area contributed by atoms with Crippen LogP contribution >= 0.6 is 17.2 Å².